The Morgan fingerprint density at radius 2 is 1.89 bits per heavy atom. The van der Waals surface area contributed by atoms with Gasteiger partial charge in [0.1, 0.15) is 0 Å². The van der Waals surface area contributed by atoms with Crippen LogP contribution in [0, 0.1) is 0 Å². The maximum absolute atomic E-state index is 11.7. The Kier molecular flexibility index (Phi) is 6.97. The minimum absolute atomic E-state index is 0.0719. The monoisotopic (exact) mass is 263 g/mol. The topological polar surface area (TPSA) is 44.4 Å². The molecule has 0 aliphatic rings. The zero-order chi connectivity index (χ0) is 14.1. The van der Waals surface area contributed by atoms with Crippen LogP contribution >= 0.6 is 0 Å². The highest BCUT2D eigenvalue weighted by Gasteiger charge is 2.12. The molecule has 0 heterocycles. The van der Waals surface area contributed by atoms with Crippen molar-refractivity contribution in [3.05, 3.63) is 29.8 Å². The van der Waals surface area contributed by atoms with Crippen LogP contribution in [0.5, 0.6) is 0 Å². The Bertz CT molecular complexity index is 393. The van der Waals surface area contributed by atoms with Crippen molar-refractivity contribution in [3.63, 3.8) is 0 Å². The number of hydrogen-bond donors (Lipinski definition) is 2. The van der Waals surface area contributed by atoms with E-state index in [1.54, 1.807) is 0 Å². The van der Waals surface area contributed by atoms with Crippen LogP contribution in [-0.2, 0) is 11.3 Å². The number of hydrogen-bond acceptors (Lipinski definition) is 3. The number of anilines is 1. The van der Waals surface area contributed by atoms with Gasteiger partial charge in [-0.1, -0.05) is 25.1 Å². The summed E-state index contributed by atoms with van der Waals surface area (Å²) in [6, 6.07) is 8.25. The Morgan fingerprint density at radius 1 is 1.16 bits per heavy atom. The number of amides is 1. The predicted octanol–water partition coefficient (Wildman–Crippen LogP) is 1.76. The highest BCUT2D eigenvalue weighted by molar-refractivity contribution is 5.81. The molecular formula is C15H25N3O. The van der Waals surface area contributed by atoms with Crippen LogP contribution in [-0.4, -0.2) is 32.1 Å². The van der Waals surface area contributed by atoms with Gasteiger partial charge in [-0.3, -0.25) is 4.79 Å². The molecule has 0 saturated heterocycles. The highest BCUT2D eigenvalue weighted by atomic mass is 16.2. The summed E-state index contributed by atoms with van der Waals surface area (Å²) in [5.41, 5.74) is 2.37. The van der Waals surface area contributed by atoms with Crippen molar-refractivity contribution in [2.24, 2.45) is 0 Å². The first-order chi connectivity index (χ1) is 9.22. The maximum atomic E-state index is 11.7. The van der Waals surface area contributed by atoms with Crippen LogP contribution in [0.1, 0.15) is 26.3 Å². The number of nitrogens with zero attached hydrogens (tertiary/aromatic N) is 1. The van der Waals surface area contributed by atoms with E-state index in [-0.39, 0.29) is 5.91 Å². The summed E-state index contributed by atoms with van der Waals surface area (Å²) in [6.07, 6.45) is 0. The number of para-hydroxylation sites is 1. The number of benzene rings is 1. The molecule has 0 saturated carbocycles. The third kappa shape index (κ3) is 4.91. The first kappa shape index (κ1) is 15.5. The third-order valence-electron chi connectivity index (χ3n) is 2.99. The molecule has 0 aliphatic carbocycles. The molecule has 0 spiro atoms. The second kappa shape index (κ2) is 8.53. The summed E-state index contributed by atoms with van der Waals surface area (Å²) in [7, 11) is 0. The maximum Gasteiger partial charge on any atom is 0.239 e. The van der Waals surface area contributed by atoms with E-state index in [1.165, 1.54) is 5.56 Å². The van der Waals surface area contributed by atoms with Gasteiger partial charge in [0.2, 0.25) is 5.91 Å². The lowest BCUT2D eigenvalue weighted by molar-refractivity contribution is -0.119. The van der Waals surface area contributed by atoms with E-state index in [1.807, 2.05) is 19.1 Å². The zero-order valence-electron chi connectivity index (χ0n) is 12.2. The van der Waals surface area contributed by atoms with Crippen LogP contribution in [0.25, 0.3) is 0 Å². The molecule has 0 aliphatic heterocycles. The van der Waals surface area contributed by atoms with Gasteiger partial charge in [-0.2, -0.15) is 0 Å². The largest absolute Gasteiger partial charge is 0.362 e. The van der Waals surface area contributed by atoms with E-state index in [0.29, 0.717) is 13.1 Å². The second-order valence-electron chi connectivity index (χ2n) is 4.38. The predicted molar refractivity (Wildman–Crippen MR) is 80.4 cm³/mol. The van der Waals surface area contributed by atoms with Gasteiger partial charge in [-0.25, -0.2) is 0 Å². The van der Waals surface area contributed by atoms with Crippen molar-refractivity contribution in [2.45, 2.75) is 27.3 Å². The van der Waals surface area contributed by atoms with Crippen molar-refractivity contribution in [1.82, 2.24) is 10.6 Å². The number of nitrogens with one attached hydrogen (secondary N) is 2. The summed E-state index contributed by atoms with van der Waals surface area (Å²) < 4.78 is 0. The van der Waals surface area contributed by atoms with Crippen molar-refractivity contribution in [2.75, 3.05) is 31.1 Å². The normalized spacial score (nSPS) is 10.3. The lowest BCUT2D eigenvalue weighted by Crippen LogP contribution is -2.37. The van der Waals surface area contributed by atoms with Crippen molar-refractivity contribution in [1.29, 1.82) is 0 Å². The molecule has 1 amide bonds. The molecule has 19 heavy (non-hydrogen) atoms. The number of likely N-dealkylation sites (N-methyl/N-ethyl adjacent to an activating group) is 2. The molecule has 1 aromatic rings. The molecule has 0 bridgehead atoms. The van der Waals surface area contributed by atoms with E-state index in [4.69, 9.17) is 0 Å². The van der Waals surface area contributed by atoms with Gasteiger partial charge >= 0.3 is 0 Å². The van der Waals surface area contributed by atoms with Crippen LogP contribution in [0.4, 0.5) is 5.69 Å². The molecule has 0 aromatic heterocycles. The summed E-state index contributed by atoms with van der Waals surface area (Å²) in [6.45, 7) is 9.78. The SMILES string of the molecule is CCNCc1ccccc1N(CC)CC(=O)NCC. The number of rotatable bonds is 8. The van der Waals surface area contributed by atoms with E-state index in [9.17, 15) is 4.79 Å². The molecule has 1 aromatic carbocycles. The average Bonchev–Trinajstić information content (AvgIpc) is 2.43. The Labute approximate surface area is 116 Å². The highest BCUT2D eigenvalue weighted by Crippen LogP contribution is 2.19. The average molecular weight is 263 g/mol. The van der Waals surface area contributed by atoms with E-state index < -0.39 is 0 Å². The first-order valence-electron chi connectivity index (χ1n) is 7.03. The number of carbonyl (C=O) groups excluding carboxylic acids is 1. The molecule has 2 N–H and O–H groups in total. The smallest absolute Gasteiger partial charge is 0.239 e. The quantitative estimate of drug-likeness (QED) is 0.751. The van der Waals surface area contributed by atoms with E-state index >= 15 is 0 Å². The summed E-state index contributed by atoms with van der Waals surface area (Å²) in [5.74, 6) is 0.0719. The van der Waals surface area contributed by atoms with Crippen molar-refractivity contribution < 1.29 is 4.79 Å². The molecular weight excluding hydrogens is 238 g/mol. The molecule has 0 atom stereocenters. The van der Waals surface area contributed by atoms with Gasteiger partial charge in [-0.05, 0) is 32.0 Å². The molecule has 0 unspecified atom stereocenters. The Balaban J connectivity index is 2.81. The third-order valence-corrected chi connectivity index (χ3v) is 2.99. The van der Waals surface area contributed by atoms with E-state index in [0.717, 1.165) is 25.3 Å². The summed E-state index contributed by atoms with van der Waals surface area (Å²) >= 11 is 0. The van der Waals surface area contributed by atoms with Crippen LogP contribution < -0.4 is 15.5 Å². The van der Waals surface area contributed by atoms with Crippen LogP contribution in [0.2, 0.25) is 0 Å². The fourth-order valence-electron chi connectivity index (χ4n) is 2.02. The Morgan fingerprint density at radius 3 is 2.53 bits per heavy atom. The molecule has 0 radical (unpaired) electrons. The van der Waals surface area contributed by atoms with Crippen LogP contribution in [0.3, 0.4) is 0 Å². The fraction of sp³-hybridized carbons (Fsp3) is 0.533. The molecule has 4 nitrogen and oxygen atoms in total. The minimum atomic E-state index is 0.0719. The Hall–Kier alpha value is -1.55. The van der Waals surface area contributed by atoms with Gasteiger partial charge in [0.05, 0.1) is 6.54 Å². The fourth-order valence-corrected chi connectivity index (χ4v) is 2.02. The second-order valence-corrected chi connectivity index (χ2v) is 4.38. The van der Waals surface area contributed by atoms with Gasteiger partial charge in [-0.15, -0.1) is 0 Å². The molecule has 106 valence electrons. The van der Waals surface area contributed by atoms with Gasteiger partial charge in [0.25, 0.3) is 0 Å². The minimum Gasteiger partial charge on any atom is -0.362 e. The van der Waals surface area contributed by atoms with E-state index in [2.05, 4.69) is 41.5 Å². The lowest BCUT2D eigenvalue weighted by Gasteiger charge is -2.25. The van der Waals surface area contributed by atoms with Gasteiger partial charge < -0.3 is 15.5 Å². The first-order valence-corrected chi connectivity index (χ1v) is 7.03. The number of carbonyl (C=O) groups is 1. The molecule has 4 heteroatoms. The molecule has 1 rings (SSSR count). The van der Waals surface area contributed by atoms with Gasteiger partial charge in [0.15, 0.2) is 0 Å². The van der Waals surface area contributed by atoms with Crippen molar-refractivity contribution >= 4 is 11.6 Å². The van der Waals surface area contributed by atoms with Gasteiger partial charge in [0, 0.05) is 25.3 Å². The zero-order valence-corrected chi connectivity index (χ0v) is 12.2. The summed E-state index contributed by atoms with van der Waals surface area (Å²) in [4.78, 5) is 13.9. The standard InChI is InChI=1S/C15H25N3O/c1-4-16-11-13-9-7-8-10-14(13)18(6-3)12-15(19)17-5-2/h7-10,16H,4-6,11-12H2,1-3H3,(H,17,19). The lowest BCUT2D eigenvalue weighted by atomic mass is 10.1. The summed E-state index contributed by atoms with van der Waals surface area (Å²) in [5, 5.41) is 6.18. The molecule has 0 fully saturated rings. The van der Waals surface area contributed by atoms with Crippen molar-refractivity contribution in [3.8, 4) is 0 Å². The van der Waals surface area contributed by atoms with Crippen LogP contribution in [0.15, 0.2) is 24.3 Å².